The molecule has 164 valence electrons. The Labute approximate surface area is 189 Å². The van der Waals surface area contributed by atoms with Gasteiger partial charge in [-0.25, -0.2) is 0 Å². The number of nitrogens with zero attached hydrogens (tertiary/aromatic N) is 1. The van der Waals surface area contributed by atoms with Crippen LogP contribution in [-0.2, 0) is 19.1 Å². The van der Waals surface area contributed by atoms with E-state index in [9.17, 15) is 14.4 Å². The fourth-order valence-corrected chi connectivity index (χ4v) is 3.93. The third-order valence-corrected chi connectivity index (χ3v) is 5.53. The van der Waals surface area contributed by atoms with Crippen LogP contribution < -0.4 is 15.0 Å². The number of anilines is 2. The van der Waals surface area contributed by atoms with Crippen molar-refractivity contribution in [1.82, 2.24) is 0 Å². The van der Waals surface area contributed by atoms with Gasteiger partial charge in [-0.05, 0) is 29.7 Å². The Bertz CT molecular complexity index is 1190. The lowest BCUT2D eigenvalue weighted by molar-refractivity contribution is -0.151. The number of hydrogen-bond acceptors (Lipinski definition) is 5. The van der Waals surface area contributed by atoms with Gasteiger partial charge >= 0.3 is 5.97 Å². The number of hydrogen-bond donors (Lipinski definition) is 1. The van der Waals surface area contributed by atoms with Crippen LogP contribution in [0.1, 0.15) is 6.42 Å². The first-order valence-electron chi connectivity index (χ1n) is 10.0. The number of carbonyl (C=O) groups excluding carboxylic acids is 3. The van der Waals surface area contributed by atoms with Crippen LogP contribution in [-0.4, -0.2) is 38.0 Å². The summed E-state index contributed by atoms with van der Waals surface area (Å²) in [6.07, 6.45) is 0.0335. The molecule has 1 saturated heterocycles. The average molecular weight is 453 g/mol. The van der Waals surface area contributed by atoms with Crippen molar-refractivity contribution in [2.75, 3.05) is 30.5 Å². The fourth-order valence-electron chi connectivity index (χ4n) is 3.76. The molecule has 0 saturated carbocycles. The Kier molecular flexibility index (Phi) is 6.28. The first-order chi connectivity index (χ1) is 15.5. The van der Waals surface area contributed by atoms with Crippen LogP contribution >= 0.6 is 11.6 Å². The van der Waals surface area contributed by atoms with Gasteiger partial charge in [0, 0.05) is 23.4 Å². The minimum Gasteiger partial charge on any atom is -0.495 e. The summed E-state index contributed by atoms with van der Waals surface area (Å²) < 4.78 is 10.4. The summed E-state index contributed by atoms with van der Waals surface area (Å²) in [5.41, 5.74) is 1.13. The maximum atomic E-state index is 12.6. The fraction of sp³-hybridized carbons (Fsp3) is 0.208. The number of halogens is 1. The zero-order valence-electron chi connectivity index (χ0n) is 17.3. The maximum absolute atomic E-state index is 12.6. The minimum absolute atomic E-state index is 0.0335. The summed E-state index contributed by atoms with van der Waals surface area (Å²) in [6.45, 7) is -0.275. The van der Waals surface area contributed by atoms with E-state index in [-0.39, 0.29) is 18.9 Å². The number of carbonyl (C=O) groups is 3. The van der Waals surface area contributed by atoms with E-state index >= 15 is 0 Å². The van der Waals surface area contributed by atoms with Gasteiger partial charge in [-0.2, -0.15) is 0 Å². The van der Waals surface area contributed by atoms with Crippen LogP contribution in [0.15, 0.2) is 60.7 Å². The molecule has 3 aromatic carbocycles. The second-order valence-corrected chi connectivity index (χ2v) is 7.84. The van der Waals surface area contributed by atoms with E-state index in [1.54, 1.807) is 17.0 Å². The van der Waals surface area contributed by atoms with Gasteiger partial charge in [0.15, 0.2) is 6.61 Å². The number of esters is 1. The lowest BCUT2D eigenvalue weighted by atomic mass is 10.1. The Balaban J connectivity index is 1.38. The highest BCUT2D eigenvalue weighted by molar-refractivity contribution is 6.31. The smallest absolute Gasteiger partial charge is 0.311 e. The number of methoxy groups -OCH3 is 1. The van der Waals surface area contributed by atoms with Gasteiger partial charge in [-0.15, -0.1) is 0 Å². The van der Waals surface area contributed by atoms with Crippen molar-refractivity contribution >= 4 is 51.5 Å². The van der Waals surface area contributed by atoms with Crippen molar-refractivity contribution in [3.05, 3.63) is 65.7 Å². The van der Waals surface area contributed by atoms with Crippen LogP contribution in [0.3, 0.4) is 0 Å². The molecule has 0 aliphatic carbocycles. The Morgan fingerprint density at radius 1 is 1.12 bits per heavy atom. The number of nitrogens with one attached hydrogen (secondary N) is 1. The molecule has 8 heteroatoms. The van der Waals surface area contributed by atoms with Gasteiger partial charge < -0.3 is 19.7 Å². The highest BCUT2D eigenvalue weighted by atomic mass is 35.5. The summed E-state index contributed by atoms with van der Waals surface area (Å²) >= 11 is 5.96. The number of benzene rings is 3. The highest BCUT2D eigenvalue weighted by Crippen LogP contribution is 2.32. The van der Waals surface area contributed by atoms with Crippen molar-refractivity contribution in [1.29, 1.82) is 0 Å². The van der Waals surface area contributed by atoms with Crippen molar-refractivity contribution in [3.8, 4) is 5.75 Å². The SMILES string of the molecule is COc1ccc(Cl)cc1NC(=O)COC(=O)[C@H]1CC(=O)N(c2cccc3ccccc23)C1. The Morgan fingerprint density at radius 2 is 1.91 bits per heavy atom. The standard InChI is InChI=1S/C24H21ClN2O5/c1-31-21-10-9-17(25)12-19(21)26-22(28)14-32-24(30)16-11-23(29)27(13-16)20-8-4-6-15-5-2-3-7-18(15)20/h2-10,12,16H,11,13-14H2,1H3,(H,26,28)/t16-/m0/s1. The molecule has 4 rings (SSSR count). The molecule has 1 fully saturated rings. The van der Waals surface area contributed by atoms with Gasteiger partial charge in [0.05, 0.1) is 24.4 Å². The van der Waals surface area contributed by atoms with Crippen LogP contribution in [0.2, 0.25) is 5.02 Å². The third-order valence-electron chi connectivity index (χ3n) is 5.30. The second kappa shape index (κ2) is 9.28. The normalized spacial score (nSPS) is 15.6. The van der Waals surface area contributed by atoms with Crippen molar-refractivity contribution < 1.29 is 23.9 Å². The van der Waals surface area contributed by atoms with Gasteiger partial charge in [0.1, 0.15) is 5.75 Å². The predicted molar refractivity (Wildman–Crippen MR) is 122 cm³/mol. The summed E-state index contributed by atoms with van der Waals surface area (Å²) in [7, 11) is 1.47. The molecule has 3 aromatic rings. The van der Waals surface area contributed by atoms with E-state index in [2.05, 4.69) is 5.32 Å². The first kappa shape index (κ1) is 21.6. The average Bonchev–Trinajstić information content (AvgIpc) is 3.18. The van der Waals surface area contributed by atoms with E-state index in [0.29, 0.717) is 16.5 Å². The Morgan fingerprint density at radius 3 is 2.72 bits per heavy atom. The molecule has 1 N–H and O–H groups in total. The lowest BCUT2D eigenvalue weighted by Crippen LogP contribution is -2.28. The molecular weight excluding hydrogens is 432 g/mol. The summed E-state index contributed by atoms with van der Waals surface area (Å²) in [5.74, 6) is -1.49. The topological polar surface area (TPSA) is 84.9 Å². The van der Waals surface area contributed by atoms with Gasteiger partial charge in [-0.1, -0.05) is 48.0 Å². The molecule has 2 amide bonds. The molecule has 0 unspecified atom stereocenters. The van der Waals surface area contributed by atoms with Crippen LogP contribution in [0.25, 0.3) is 10.8 Å². The van der Waals surface area contributed by atoms with Crippen molar-refractivity contribution in [2.24, 2.45) is 5.92 Å². The predicted octanol–water partition coefficient (Wildman–Crippen LogP) is 4.04. The summed E-state index contributed by atoms with van der Waals surface area (Å²) in [5, 5.41) is 4.98. The molecule has 7 nitrogen and oxygen atoms in total. The first-order valence-corrected chi connectivity index (χ1v) is 10.4. The van der Waals surface area contributed by atoms with Gasteiger partial charge in [-0.3, -0.25) is 14.4 Å². The number of fused-ring (bicyclic) bond motifs is 1. The molecule has 0 radical (unpaired) electrons. The quantitative estimate of drug-likeness (QED) is 0.570. The molecule has 32 heavy (non-hydrogen) atoms. The monoisotopic (exact) mass is 452 g/mol. The van der Waals surface area contributed by atoms with Crippen molar-refractivity contribution in [2.45, 2.75) is 6.42 Å². The van der Waals surface area contributed by atoms with Crippen LogP contribution in [0.4, 0.5) is 11.4 Å². The molecular formula is C24H21ClN2O5. The molecule has 0 spiro atoms. The zero-order valence-corrected chi connectivity index (χ0v) is 18.1. The van der Waals surface area contributed by atoms with Crippen molar-refractivity contribution in [3.63, 3.8) is 0 Å². The minimum atomic E-state index is -0.644. The number of rotatable bonds is 6. The second-order valence-electron chi connectivity index (χ2n) is 7.40. The summed E-state index contributed by atoms with van der Waals surface area (Å²) in [6, 6.07) is 18.3. The van der Waals surface area contributed by atoms with E-state index < -0.39 is 24.4 Å². The molecule has 1 atom stereocenters. The Hall–Kier alpha value is -3.58. The van der Waals surface area contributed by atoms with Crippen LogP contribution in [0, 0.1) is 5.92 Å². The van der Waals surface area contributed by atoms with E-state index in [1.807, 2.05) is 42.5 Å². The molecule has 1 heterocycles. The molecule has 1 aliphatic heterocycles. The molecule has 0 aromatic heterocycles. The number of ether oxygens (including phenoxy) is 2. The highest BCUT2D eigenvalue weighted by Gasteiger charge is 2.37. The van der Waals surface area contributed by atoms with E-state index in [1.165, 1.54) is 13.2 Å². The molecule has 0 bridgehead atoms. The zero-order chi connectivity index (χ0) is 22.7. The van der Waals surface area contributed by atoms with E-state index in [4.69, 9.17) is 21.1 Å². The summed E-state index contributed by atoms with van der Waals surface area (Å²) in [4.78, 5) is 39.0. The maximum Gasteiger partial charge on any atom is 0.311 e. The molecule has 1 aliphatic rings. The largest absolute Gasteiger partial charge is 0.495 e. The van der Waals surface area contributed by atoms with Gasteiger partial charge in [0.25, 0.3) is 5.91 Å². The van der Waals surface area contributed by atoms with Gasteiger partial charge in [0.2, 0.25) is 5.91 Å². The number of amides is 2. The third kappa shape index (κ3) is 4.53. The van der Waals surface area contributed by atoms with Crippen LogP contribution in [0.5, 0.6) is 5.75 Å². The lowest BCUT2D eigenvalue weighted by Gasteiger charge is -2.19. The van der Waals surface area contributed by atoms with E-state index in [0.717, 1.165) is 16.5 Å².